The molecule has 1 rings (SSSR count). The molecule has 0 aliphatic rings. The first-order chi connectivity index (χ1) is 11.2. The number of carbonyl (C=O) groups is 1. The second kappa shape index (κ2) is 12.8. The number of allylic oxidation sites excluding steroid dienone is 2. The van der Waals surface area contributed by atoms with Gasteiger partial charge in [0.05, 0.1) is 6.61 Å². The lowest BCUT2D eigenvalue weighted by molar-refractivity contribution is 0.0653. The van der Waals surface area contributed by atoms with Gasteiger partial charge in [-0.05, 0) is 31.7 Å². The molecule has 0 atom stereocenters. The van der Waals surface area contributed by atoms with E-state index in [0.717, 1.165) is 19.3 Å². The van der Waals surface area contributed by atoms with E-state index in [4.69, 9.17) is 14.3 Å². The maximum Gasteiger partial charge on any atom is 0.371 e. The van der Waals surface area contributed by atoms with Crippen molar-refractivity contribution in [3.63, 3.8) is 0 Å². The first kappa shape index (κ1) is 19.3. The van der Waals surface area contributed by atoms with Crippen molar-refractivity contribution in [3.05, 3.63) is 30.0 Å². The highest BCUT2D eigenvalue weighted by atomic mass is 16.6. The van der Waals surface area contributed by atoms with Gasteiger partial charge in [0.15, 0.2) is 0 Å². The van der Waals surface area contributed by atoms with Crippen molar-refractivity contribution < 1.29 is 19.1 Å². The van der Waals surface area contributed by atoms with E-state index < -0.39 is 5.97 Å². The molecule has 0 radical (unpaired) electrons. The first-order valence-electron chi connectivity index (χ1n) is 8.85. The van der Waals surface area contributed by atoms with Gasteiger partial charge in [0.1, 0.15) is 0 Å². The van der Waals surface area contributed by atoms with Crippen molar-refractivity contribution >= 4 is 5.97 Å². The van der Waals surface area contributed by atoms with Gasteiger partial charge in [0.25, 0.3) is 5.95 Å². The third-order valence-electron chi connectivity index (χ3n) is 3.70. The average Bonchev–Trinajstić information content (AvgIpc) is 3.01. The number of carboxylic acid groups (broad SMARTS) is 1. The van der Waals surface area contributed by atoms with Crippen LogP contribution in [0.4, 0.5) is 0 Å². The quantitative estimate of drug-likeness (QED) is 0.345. The minimum Gasteiger partial charge on any atom is -0.475 e. The normalized spacial score (nSPS) is 11.2. The van der Waals surface area contributed by atoms with Crippen LogP contribution in [0.25, 0.3) is 0 Å². The van der Waals surface area contributed by atoms with Crippen LogP contribution < -0.4 is 4.74 Å². The predicted molar refractivity (Wildman–Crippen MR) is 92.1 cm³/mol. The maximum absolute atomic E-state index is 10.7. The van der Waals surface area contributed by atoms with E-state index in [-0.39, 0.29) is 5.76 Å². The van der Waals surface area contributed by atoms with E-state index in [2.05, 4.69) is 19.1 Å². The molecule has 0 aromatic carbocycles. The van der Waals surface area contributed by atoms with E-state index in [1.54, 1.807) is 6.07 Å². The van der Waals surface area contributed by atoms with E-state index in [1.165, 1.54) is 51.0 Å². The fourth-order valence-corrected chi connectivity index (χ4v) is 2.39. The molecule has 0 aliphatic carbocycles. The molecule has 1 aromatic rings. The topological polar surface area (TPSA) is 59.7 Å². The van der Waals surface area contributed by atoms with Crippen LogP contribution >= 0.6 is 0 Å². The monoisotopic (exact) mass is 322 g/mol. The van der Waals surface area contributed by atoms with Gasteiger partial charge in [-0.3, -0.25) is 0 Å². The summed E-state index contributed by atoms with van der Waals surface area (Å²) in [6.07, 6.45) is 16.8. The van der Waals surface area contributed by atoms with Crippen molar-refractivity contribution in [2.75, 3.05) is 6.61 Å². The van der Waals surface area contributed by atoms with Gasteiger partial charge in [0.2, 0.25) is 5.76 Å². The molecule has 0 bridgehead atoms. The van der Waals surface area contributed by atoms with E-state index in [1.807, 2.05) is 0 Å². The Morgan fingerprint density at radius 3 is 2.30 bits per heavy atom. The fourth-order valence-electron chi connectivity index (χ4n) is 2.39. The summed E-state index contributed by atoms with van der Waals surface area (Å²) in [5.41, 5.74) is 0. The van der Waals surface area contributed by atoms with Gasteiger partial charge in [-0.25, -0.2) is 4.79 Å². The predicted octanol–water partition coefficient (Wildman–Crippen LogP) is 5.83. The Morgan fingerprint density at radius 2 is 1.70 bits per heavy atom. The molecule has 0 amide bonds. The molecule has 23 heavy (non-hydrogen) atoms. The highest BCUT2D eigenvalue weighted by molar-refractivity contribution is 5.84. The van der Waals surface area contributed by atoms with Crippen molar-refractivity contribution in [3.8, 4) is 5.95 Å². The molecule has 130 valence electrons. The van der Waals surface area contributed by atoms with Crippen molar-refractivity contribution in [2.45, 2.75) is 71.1 Å². The Balaban J connectivity index is 1.86. The van der Waals surface area contributed by atoms with E-state index >= 15 is 0 Å². The third-order valence-corrected chi connectivity index (χ3v) is 3.70. The number of hydrogen-bond acceptors (Lipinski definition) is 3. The smallest absolute Gasteiger partial charge is 0.371 e. The summed E-state index contributed by atoms with van der Waals surface area (Å²) in [5.74, 6) is -0.856. The highest BCUT2D eigenvalue weighted by Gasteiger charge is 2.09. The maximum atomic E-state index is 10.7. The molecule has 0 saturated carbocycles. The summed E-state index contributed by atoms with van der Waals surface area (Å²) >= 11 is 0. The molecule has 1 N–H and O–H groups in total. The summed E-state index contributed by atoms with van der Waals surface area (Å²) < 4.78 is 10.4. The second-order valence-corrected chi connectivity index (χ2v) is 5.77. The summed E-state index contributed by atoms with van der Waals surface area (Å²) in [6.45, 7) is 2.75. The van der Waals surface area contributed by atoms with Crippen molar-refractivity contribution in [1.82, 2.24) is 0 Å². The van der Waals surface area contributed by atoms with E-state index in [9.17, 15) is 4.79 Å². The number of aromatic carboxylic acids is 1. The number of hydrogen-bond donors (Lipinski definition) is 1. The Hall–Kier alpha value is -1.71. The van der Waals surface area contributed by atoms with Crippen LogP contribution in [0, 0.1) is 0 Å². The van der Waals surface area contributed by atoms with Gasteiger partial charge in [-0.1, -0.05) is 57.6 Å². The van der Waals surface area contributed by atoms with Crippen molar-refractivity contribution in [1.29, 1.82) is 0 Å². The number of rotatable bonds is 14. The van der Waals surface area contributed by atoms with Gasteiger partial charge >= 0.3 is 5.97 Å². The van der Waals surface area contributed by atoms with Gasteiger partial charge in [-0.2, -0.15) is 0 Å². The first-order valence-corrected chi connectivity index (χ1v) is 8.85. The fraction of sp³-hybridized carbons (Fsp3) is 0.632. The van der Waals surface area contributed by atoms with Crippen LogP contribution in [0.3, 0.4) is 0 Å². The molecule has 4 nitrogen and oxygen atoms in total. The molecule has 4 heteroatoms. The van der Waals surface area contributed by atoms with Crippen LogP contribution in [0.2, 0.25) is 0 Å². The van der Waals surface area contributed by atoms with Gasteiger partial charge in [0, 0.05) is 6.07 Å². The Morgan fingerprint density at radius 1 is 1.04 bits per heavy atom. The lowest BCUT2D eigenvalue weighted by Gasteiger charge is -2.03. The molecule has 0 saturated heterocycles. The van der Waals surface area contributed by atoms with Crippen LogP contribution in [-0.4, -0.2) is 17.7 Å². The zero-order valence-corrected chi connectivity index (χ0v) is 14.3. The molecule has 0 unspecified atom stereocenters. The molecular formula is C19H30O4. The third kappa shape index (κ3) is 9.82. The second-order valence-electron chi connectivity index (χ2n) is 5.77. The zero-order chi connectivity index (χ0) is 16.8. The standard InChI is InChI=1S/C19H30O4/c1-2-3-4-5-6-7-8-9-10-11-12-13-16-22-18-15-14-17(23-18)19(20)21/h3-4,14-15H,2,5-13,16H2,1H3,(H,20,21)/b4-3-. The molecule has 0 aliphatic heterocycles. The zero-order valence-electron chi connectivity index (χ0n) is 14.3. The number of ether oxygens (including phenoxy) is 1. The summed E-state index contributed by atoms with van der Waals surface area (Å²) in [6, 6.07) is 2.97. The Kier molecular flexibility index (Phi) is 10.8. The Labute approximate surface area is 139 Å². The largest absolute Gasteiger partial charge is 0.475 e. The Bertz CT molecular complexity index is 448. The summed E-state index contributed by atoms with van der Waals surface area (Å²) in [7, 11) is 0. The molecule has 0 fully saturated rings. The minimum absolute atomic E-state index is 0.0785. The lowest BCUT2D eigenvalue weighted by Crippen LogP contribution is -1.96. The van der Waals surface area contributed by atoms with Gasteiger partial charge in [-0.15, -0.1) is 0 Å². The minimum atomic E-state index is -1.07. The average molecular weight is 322 g/mol. The molecule has 1 aromatic heterocycles. The van der Waals surface area contributed by atoms with Crippen LogP contribution in [0.15, 0.2) is 28.7 Å². The highest BCUT2D eigenvalue weighted by Crippen LogP contribution is 2.16. The van der Waals surface area contributed by atoms with Crippen molar-refractivity contribution in [2.24, 2.45) is 0 Å². The number of furan rings is 1. The number of carboxylic acids is 1. The molecular weight excluding hydrogens is 292 g/mol. The van der Waals surface area contributed by atoms with Crippen LogP contribution in [0.5, 0.6) is 5.95 Å². The van der Waals surface area contributed by atoms with Gasteiger partial charge < -0.3 is 14.3 Å². The molecule has 1 heterocycles. The lowest BCUT2D eigenvalue weighted by atomic mass is 10.1. The SMILES string of the molecule is CC/C=C\CCCCCCCCCCOc1ccc(C(=O)O)o1. The van der Waals surface area contributed by atoms with Crippen LogP contribution in [0.1, 0.15) is 81.7 Å². The summed E-state index contributed by atoms with van der Waals surface area (Å²) in [4.78, 5) is 10.7. The van der Waals surface area contributed by atoms with Crippen LogP contribution in [-0.2, 0) is 0 Å². The summed E-state index contributed by atoms with van der Waals surface area (Å²) in [5, 5.41) is 8.73. The molecule has 0 spiro atoms. The van der Waals surface area contributed by atoms with E-state index in [0.29, 0.717) is 12.6 Å². The number of unbranched alkanes of at least 4 members (excludes halogenated alkanes) is 8.